The van der Waals surface area contributed by atoms with E-state index in [-0.39, 0.29) is 29.4 Å². The molecule has 0 saturated heterocycles. The van der Waals surface area contributed by atoms with E-state index in [1.165, 1.54) is 0 Å². The minimum Gasteiger partial charge on any atom is -0.483 e. The molecule has 20 heavy (non-hydrogen) atoms. The Labute approximate surface area is 117 Å². The summed E-state index contributed by atoms with van der Waals surface area (Å²) in [6.07, 6.45) is 0. The van der Waals surface area contributed by atoms with Crippen molar-refractivity contribution in [2.75, 3.05) is 19.7 Å². The van der Waals surface area contributed by atoms with E-state index in [0.717, 1.165) is 12.1 Å². The summed E-state index contributed by atoms with van der Waals surface area (Å²) in [5, 5.41) is 18.4. The van der Waals surface area contributed by atoms with E-state index in [9.17, 15) is 19.4 Å². The van der Waals surface area contributed by atoms with Gasteiger partial charge < -0.3 is 19.8 Å². The van der Waals surface area contributed by atoms with Crippen LogP contribution in [0.5, 0.6) is 5.75 Å². The lowest BCUT2D eigenvalue weighted by Gasteiger charge is -2.20. The fraction of sp³-hybridized carbons (Fsp3) is 0.500. The summed E-state index contributed by atoms with van der Waals surface area (Å²) in [5.41, 5.74) is 0.419. The number of carbonyl (C=O) groups excluding carboxylic acids is 1. The largest absolute Gasteiger partial charge is 0.483 e. The molecule has 0 atom stereocenters. The van der Waals surface area contributed by atoms with Crippen LogP contribution in [0, 0.1) is 5.82 Å². The van der Waals surface area contributed by atoms with Crippen LogP contribution in [0.3, 0.4) is 0 Å². The zero-order valence-corrected chi connectivity index (χ0v) is 11.7. The van der Waals surface area contributed by atoms with Crippen LogP contribution < -0.4 is 4.74 Å². The Kier molecular flexibility index (Phi) is 6.41. The Balaban J connectivity index is 2.89. The summed E-state index contributed by atoms with van der Waals surface area (Å²) in [5.74, 6) is -0.607. The van der Waals surface area contributed by atoms with Gasteiger partial charge in [0.15, 0.2) is 6.61 Å². The maximum atomic E-state index is 13.3. The molecule has 1 amide bonds. The van der Waals surface area contributed by atoms with E-state index < -0.39 is 19.0 Å². The van der Waals surface area contributed by atoms with Gasteiger partial charge >= 0.3 is 0 Å². The SMILES string of the molecule is CCN(CC)C(=O)COc1c(CO)cc(F)cc1CO. The molecular formula is C14H20FNO4. The number of rotatable bonds is 7. The van der Waals surface area contributed by atoms with Crippen molar-refractivity contribution in [3.63, 3.8) is 0 Å². The smallest absolute Gasteiger partial charge is 0.260 e. The highest BCUT2D eigenvalue weighted by atomic mass is 19.1. The molecule has 0 spiro atoms. The first-order valence-electron chi connectivity index (χ1n) is 6.50. The maximum Gasteiger partial charge on any atom is 0.260 e. The first-order valence-corrected chi connectivity index (χ1v) is 6.50. The van der Waals surface area contributed by atoms with E-state index >= 15 is 0 Å². The second-order valence-electron chi connectivity index (χ2n) is 4.22. The first-order chi connectivity index (χ1) is 9.57. The van der Waals surface area contributed by atoms with E-state index in [2.05, 4.69) is 0 Å². The second kappa shape index (κ2) is 7.81. The van der Waals surface area contributed by atoms with E-state index in [0.29, 0.717) is 13.1 Å². The summed E-state index contributed by atoms with van der Waals surface area (Å²) >= 11 is 0. The molecule has 0 bridgehead atoms. The monoisotopic (exact) mass is 285 g/mol. The molecule has 0 aliphatic heterocycles. The van der Waals surface area contributed by atoms with Crippen molar-refractivity contribution in [2.45, 2.75) is 27.1 Å². The fourth-order valence-corrected chi connectivity index (χ4v) is 1.93. The quantitative estimate of drug-likeness (QED) is 0.786. The third kappa shape index (κ3) is 3.91. The lowest BCUT2D eigenvalue weighted by molar-refractivity contribution is -0.133. The average molecular weight is 285 g/mol. The number of amides is 1. The fourth-order valence-electron chi connectivity index (χ4n) is 1.93. The number of aliphatic hydroxyl groups excluding tert-OH is 2. The van der Waals surface area contributed by atoms with Crippen molar-refractivity contribution in [3.8, 4) is 5.75 Å². The molecule has 0 heterocycles. The summed E-state index contributed by atoms with van der Waals surface area (Å²) in [6, 6.07) is 2.24. The predicted molar refractivity (Wildman–Crippen MR) is 71.7 cm³/mol. The Morgan fingerprint density at radius 3 is 2.10 bits per heavy atom. The number of aliphatic hydroxyl groups is 2. The van der Waals surface area contributed by atoms with Gasteiger partial charge in [0.1, 0.15) is 11.6 Å². The summed E-state index contributed by atoms with van der Waals surface area (Å²) in [6.45, 7) is 3.78. The molecule has 1 aromatic rings. The van der Waals surface area contributed by atoms with Gasteiger partial charge in [-0.1, -0.05) is 0 Å². The molecule has 2 N–H and O–H groups in total. The Bertz CT molecular complexity index is 435. The minimum atomic E-state index is -0.569. The number of likely N-dealkylation sites (N-methyl/N-ethyl adjacent to an activating group) is 1. The third-order valence-electron chi connectivity index (χ3n) is 3.00. The predicted octanol–water partition coefficient (Wildman–Crippen LogP) is 1.06. The van der Waals surface area contributed by atoms with Gasteiger partial charge in [0.25, 0.3) is 5.91 Å². The van der Waals surface area contributed by atoms with Gasteiger partial charge in [-0.05, 0) is 26.0 Å². The van der Waals surface area contributed by atoms with Gasteiger partial charge in [0, 0.05) is 24.2 Å². The van der Waals surface area contributed by atoms with E-state index in [1.807, 2.05) is 13.8 Å². The highest BCUT2D eigenvalue weighted by molar-refractivity contribution is 5.77. The highest BCUT2D eigenvalue weighted by Crippen LogP contribution is 2.26. The van der Waals surface area contributed by atoms with Crippen LogP contribution in [0.15, 0.2) is 12.1 Å². The molecule has 1 rings (SSSR count). The molecular weight excluding hydrogens is 265 g/mol. The van der Waals surface area contributed by atoms with Crippen molar-refractivity contribution in [3.05, 3.63) is 29.1 Å². The minimum absolute atomic E-state index is 0.164. The van der Waals surface area contributed by atoms with E-state index in [1.54, 1.807) is 4.90 Å². The highest BCUT2D eigenvalue weighted by Gasteiger charge is 2.15. The average Bonchev–Trinajstić information content (AvgIpc) is 2.46. The van der Waals surface area contributed by atoms with Crippen molar-refractivity contribution in [2.24, 2.45) is 0 Å². The lowest BCUT2D eigenvalue weighted by atomic mass is 10.1. The number of nitrogens with zero attached hydrogens (tertiary/aromatic N) is 1. The van der Waals surface area contributed by atoms with Gasteiger partial charge in [0.2, 0.25) is 0 Å². The van der Waals surface area contributed by atoms with Crippen LogP contribution in [0.25, 0.3) is 0 Å². The Hall–Kier alpha value is -1.66. The van der Waals surface area contributed by atoms with Crippen LogP contribution in [0.1, 0.15) is 25.0 Å². The number of carbonyl (C=O) groups is 1. The number of hydrogen-bond donors (Lipinski definition) is 2. The van der Waals surface area contributed by atoms with E-state index in [4.69, 9.17) is 4.74 Å². The summed E-state index contributed by atoms with van der Waals surface area (Å²) in [4.78, 5) is 13.4. The molecule has 6 heteroatoms. The molecule has 1 aromatic carbocycles. The van der Waals surface area contributed by atoms with Gasteiger partial charge in [-0.3, -0.25) is 4.79 Å². The van der Waals surface area contributed by atoms with Gasteiger partial charge in [-0.25, -0.2) is 4.39 Å². The lowest BCUT2D eigenvalue weighted by Crippen LogP contribution is -2.34. The second-order valence-corrected chi connectivity index (χ2v) is 4.22. The van der Waals surface area contributed by atoms with Crippen molar-refractivity contribution >= 4 is 5.91 Å². The molecule has 0 unspecified atom stereocenters. The normalized spacial score (nSPS) is 10.4. The first kappa shape index (κ1) is 16.4. The zero-order valence-electron chi connectivity index (χ0n) is 11.7. The number of halogens is 1. The number of benzene rings is 1. The molecule has 0 aliphatic carbocycles. The van der Waals surface area contributed by atoms with Crippen LogP contribution in [0.2, 0.25) is 0 Å². The molecule has 0 saturated carbocycles. The molecule has 0 fully saturated rings. The number of hydrogen-bond acceptors (Lipinski definition) is 4. The van der Waals surface area contributed by atoms with Gasteiger partial charge in [-0.2, -0.15) is 0 Å². The molecule has 0 aliphatic rings. The van der Waals surface area contributed by atoms with Crippen LogP contribution in [-0.4, -0.2) is 40.7 Å². The van der Waals surface area contributed by atoms with Crippen molar-refractivity contribution < 1.29 is 24.1 Å². The molecule has 0 radical (unpaired) electrons. The molecule has 0 aromatic heterocycles. The summed E-state index contributed by atoms with van der Waals surface area (Å²) < 4.78 is 18.6. The van der Waals surface area contributed by atoms with Crippen LogP contribution in [0.4, 0.5) is 4.39 Å². The third-order valence-corrected chi connectivity index (χ3v) is 3.00. The van der Waals surface area contributed by atoms with Crippen LogP contribution in [-0.2, 0) is 18.0 Å². The molecule has 5 nitrogen and oxygen atoms in total. The standard InChI is InChI=1S/C14H20FNO4/c1-3-16(4-2)13(19)9-20-14-10(7-17)5-12(15)6-11(14)8-18/h5-6,17-18H,3-4,7-9H2,1-2H3. The van der Waals surface area contributed by atoms with Gasteiger partial charge in [0.05, 0.1) is 13.2 Å². The summed E-state index contributed by atoms with van der Waals surface area (Å²) in [7, 11) is 0. The van der Waals surface area contributed by atoms with Crippen molar-refractivity contribution in [1.29, 1.82) is 0 Å². The number of ether oxygens (including phenoxy) is 1. The Morgan fingerprint density at radius 2 is 1.70 bits per heavy atom. The Morgan fingerprint density at radius 1 is 1.20 bits per heavy atom. The van der Waals surface area contributed by atoms with Crippen molar-refractivity contribution in [1.82, 2.24) is 4.90 Å². The zero-order chi connectivity index (χ0) is 15.1. The van der Waals surface area contributed by atoms with Gasteiger partial charge in [-0.15, -0.1) is 0 Å². The van der Waals surface area contributed by atoms with Crippen LogP contribution >= 0.6 is 0 Å². The topological polar surface area (TPSA) is 70.0 Å². The molecule has 112 valence electrons. The maximum absolute atomic E-state index is 13.3.